The molecular weight excluding hydrogens is 250 g/mol. The van der Waals surface area contributed by atoms with Crippen molar-refractivity contribution in [3.63, 3.8) is 0 Å². The summed E-state index contributed by atoms with van der Waals surface area (Å²) in [6.45, 7) is 5.89. The van der Waals surface area contributed by atoms with E-state index in [2.05, 4.69) is 11.3 Å². The van der Waals surface area contributed by atoms with Crippen molar-refractivity contribution in [3.8, 4) is 6.07 Å². The maximum Gasteiger partial charge on any atom is 0.341 e. The van der Waals surface area contributed by atoms with Crippen LogP contribution in [-0.2, 0) is 19.1 Å². The molecule has 0 fully saturated rings. The van der Waals surface area contributed by atoms with Crippen LogP contribution >= 0.6 is 0 Å². The lowest BCUT2D eigenvalue weighted by molar-refractivity contribution is -0.137. The minimum atomic E-state index is -0.935. The molecule has 0 saturated heterocycles. The SMILES string of the molecule is C=C(C)C(=O)O.COC(=O)C(=CCCC#N)C(C)=O. The highest BCUT2D eigenvalue weighted by molar-refractivity contribution is 6.16. The number of esters is 1. The van der Waals surface area contributed by atoms with E-state index in [9.17, 15) is 14.4 Å². The normalized spacial score (nSPS) is 9.47. The Balaban J connectivity index is 0. The van der Waals surface area contributed by atoms with Gasteiger partial charge >= 0.3 is 11.9 Å². The Bertz CT molecular complexity index is 417. The number of allylic oxidation sites excluding steroid dienone is 1. The predicted octanol–water partition coefficient (Wildman–Crippen LogP) is 1.63. The number of Topliss-reactive ketones (excluding diaryl/α,β-unsaturated/α-hetero) is 1. The lowest BCUT2D eigenvalue weighted by Gasteiger charge is -1.99. The molecule has 0 aromatic carbocycles. The number of carboxylic acids is 1. The zero-order chi connectivity index (χ0) is 15.4. The van der Waals surface area contributed by atoms with E-state index in [0.717, 1.165) is 0 Å². The molecule has 1 N–H and O–H groups in total. The lowest BCUT2D eigenvalue weighted by Crippen LogP contribution is -2.11. The van der Waals surface area contributed by atoms with Crippen LogP contribution in [0.4, 0.5) is 0 Å². The van der Waals surface area contributed by atoms with Crippen molar-refractivity contribution in [2.45, 2.75) is 26.7 Å². The van der Waals surface area contributed by atoms with Crippen LogP contribution in [0, 0.1) is 11.3 Å². The molecule has 0 aromatic heterocycles. The number of unbranched alkanes of at least 4 members (excludes halogenated alkanes) is 1. The Hall–Kier alpha value is -2.42. The highest BCUT2D eigenvalue weighted by Gasteiger charge is 2.13. The van der Waals surface area contributed by atoms with Crippen LogP contribution in [-0.4, -0.2) is 29.9 Å². The second-order valence-corrected chi connectivity index (χ2v) is 3.45. The Labute approximate surface area is 112 Å². The second-order valence-electron chi connectivity index (χ2n) is 3.45. The standard InChI is InChI=1S/C9H11NO3.C4H6O2/c1-7(11)8(9(12)13-2)5-3-4-6-10;1-3(2)4(5)6/h5H,3-4H2,1-2H3;1H2,2H3,(H,5,6). The van der Waals surface area contributed by atoms with Crippen LogP contribution in [0.15, 0.2) is 23.8 Å². The van der Waals surface area contributed by atoms with Crippen molar-refractivity contribution in [2.75, 3.05) is 7.11 Å². The van der Waals surface area contributed by atoms with Crippen molar-refractivity contribution in [3.05, 3.63) is 23.8 Å². The molecule has 0 unspecified atom stereocenters. The molecule has 104 valence electrons. The Kier molecular flexibility index (Phi) is 10.7. The summed E-state index contributed by atoms with van der Waals surface area (Å²) in [6.07, 6.45) is 2.10. The van der Waals surface area contributed by atoms with Gasteiger partial charge in [-0.05, 0) is 20.3 Å². The van der Waals surface area contributed by atoms with E-state index in [-0.39, 0.29) is 23.4 Å². The van der Waals surface area contributed by atoms with E-state index < -0.39 is 11.9 Å². The van der Waals surface area contributed by atoms with Crippen molar-refractivity contribution >= 4 is 17.7 Å². The van der Waals surface area contributed by atoms with Gasteiger partial charge in [0.1, 0.15) is 0 Å². The van der Waals surface area contributed by atoms with E-state index in [4.69, 9.17) is 10.4 Å². The van der Waals surface area contributed by atoms with Crippen molar-refractivity contribution < 1.29 is 24.2 Å². The van der Waals surface area contributed by atoms with Gasteiger partial charge in [0.05, 0.1) is 18.8 Å². The summed E-state index contributed by atoms with van der Waals surface area (Å²) >= 11 is 0. The van der Waals surface area contributed by atoms with Crippen LogP contribution in [0.25, 0.3) is 0 Å². The summed E-state index contributed by atoms with van der Waals surface area (Å²) in [5.41, 5.74) is 0.188. The average Bonchev–Trinajstić information content (AvgIpc) is 2.34. The van der Waals surface area contributed by atoms with Crippen LogP contribution in [0.1, 0.15) is 26.7 Å². The highest BCUT2D eigenvalue weighted by atomic mass is 16.5. The zero-order valence-electron chi connectivity index (χ0n) is 11.2. The molecule has 19 heavy (non-hydrogen) atoms. The fraction of sp³-hybridized carbons (Fsp3) is 0.385. The first-order valence-corrected chi connectivity index (χ1v) is 5.33. The van der Waals surface area contributed by atoms with Crippen molar-refractivity contribution in [1.29, 1.82) is 5.26 Å². The second kappa shape index (κ2) is 10.7. The number of hydrogen-bond donors (Lipinski definition) is 1. The summed E-state index contributed by atoms with van der Waals surface area (Å²) in [5.74, 6) is -1.93. The van der Waals surface area contributed by atoms with Crippen molar-refractivity contribution in [1.82, 2.24) is 0 Å². The molecule has 6 heteroatoms. The maximum atomic E-state index is 11.0. The molecule has 0 aliphatic carbocycles. The molecule has 6 nitrogen and oxygen atoms in total. The third-order valence-corrected chi connectivity index (χ3v) is 1.75. The fourth-order valence-electron chi connectivity index (χ4n) is 0.762. The van der Waals surface area contributed by atoms with Crippen LogP contribution in [0.2, 0.25) is 0 Å². The third-order valence-electron chi connectivity index (χ3n) is 1.75. The molecule has 0 saturated carbocycles. The number of ketones is 1. The molecule has 0 amide bonds. The van der Waals surface area contributed by atoms with E-state index in [1.807, 2.05) is 6.07 Å². The number of carboxylic acid groups (broad SMARTS) is 1. The average molecular weight is 267 g/mol. The number of hydrogen-bond acceptors (Lipinski definition) is 5. The monoisotopic (exact) mass is 267 g/mol. The van der Waals surface area contributed by atoms with Gasteiger partial charge in [-0.1, -0.05) is 12.7 Å². The number of carbonyl (C=O) groups is 3. The highest BCUT2D eigenvalue weighted by Crippen LogP contribution is 2.02. The Morgan fingerprint density at radius 3 is 2.11 bits per heavy atom. The van der Waals surface area contributed by atoms with E-state index >= 15 is 0 Å². The number of methoxy groups -OCH3 is 1. The van der Waals surface area contributed by atoms with Crippen LogP contribution in [0.5, 0.6) is 0 Å². The summed E-state index contributed by atoms with van der Waals surface area (Å²) in [7, 11) is 1.21. The topological polar surface area (TPSA) is 104 Å². The van der Waals surface area contributed by atoms with Gasteiger partial charge in [0.2, 0.25) is 0 Å². The number of carbonyl (C=O) groups excluding carboxylic acids is 2. The van der Waals surface area contributed by atoms with Gasteiger partial charge in [-0.2, -0.15) is 5.26 Å². The smallest absolute Gasteiger partial charge is 0.341 e. The molecule has 0 aliphatic rings. The first kappa shape index (κ1) is 18.9. The van der Waals surface area contributed by atoms with Gasteiger partial charge in [0.15, 0.2) is 5.78 Å². The quantitative estimate of drug-likeness (QED) is 0.267. The van der Waals surface area contributed by atoms with E-state index in [0.29, 0.717) is 6.42 Å². The molecule has 0 bridgehead atoms. The van der Waals surface area contributed by atoms with Gasteiger partial charge in [-0.3, -0.25) is 4.79 Å². The fourth-order valence-corrected chi connectivity index (χ4v) is 0.762. The minimum Gasteiger partial charge on any atom is -0.478 e. The first-order chi connectivity index (χ1) is 8.77. The summed E-state index contributed by atoms with van der Waals surface area (Å²) in [6, 6.07) is 1.91. The Morgan fingerprint density at radius 1 is 1.37 bits per heavy atom. The molecule has 0 aliphatic heterocycles. The van der Waals surface area contributed by atoms with Gasteiger partial charge in [-0.15, -0.1) is 0 Å². The summed E-state index contributed by atoms with van der Waals surface area (Å²) < 4.78 is 4.39. The van der Waals surface area contributed by atoms with Crippen LogP contribution in [0.3, 0.4) is 0 Å². The number of nitriles is 1. The first-order valence-electron chi connectivity index (χ1n) is 5.33. The third kappa shape index (κ3) is 10.5. The minimum absolute atomic E-state index is 0.0118. The zero-order valence-corrected chi connectivity index (χ0v) is 11.2. The molecule has 0 aromatic rings. The van der Waals surface area contributed by atoms with Gasteiger partial charge < -0.3 is 9.84 Å². The maximum absolute atomic E-state index is 11.0. The largest absolute Gasteiger partial charge is 0.478 e. The molecule has 0 heterocycles. The summed E-state index contributed by atoms with van der Waals surface area (Å²) in [4.78, 5) is 31.4. The number of nitrogens with zero attached hydrogens (tertiary/aromatic N) is 1. The molecule has 0 radical (unpaired) electrons. The number of rotatable bonds is 5. The molecule has 0 rings (SSSR count). The van der Waals surface area contributed by atoms with Gasteiger partial charge in [-0.25, -0.2) is 9.59 Å². The van der Waals surface area contributed by atoms with Crippen LogP contribution < -0.4 is 0 Å². The predicted molar refractivity (Wildman–Crippen MR) is 68.1 cm³/mol. The number of ether oxygens (including phenoxy) is 1. The molecular formula is C13H17NO5. The van der Waals surface area contributed by atoms with E-state index in [1.165, 1.54) is 27.0 Å². The molecule has 0 atom stereocenters. The number of aliphatic carboxylic acids is 1. The van der Waals surface area contributed by atoms with Gasteiger partial charge in [0, 0.05) is 12.0 Å². The lowest BCUT2D eigenvalue weighted by atomic mass is 10.1. The van der Waals surface area contributed by atoms with Crippen molar-refractivity contribution in [2.24, 2.45) is 0 Å². The Morgan fingerprint density at radius 2 is 1.84 bits per heavy atom. The molecule has 0 spiro atoms. The van der Waals surface area contributed by atoms with Gasteiger partial charge in [0.25, 0.3) is 0 Å². The summed E-state index contributed by atoms with van der Waals surface area (Å²) in [5, 5.41) is 16.1. The van der Waals surface area contributed by atoms with E-state index in [1.54, 1.807) is 0 Å².